The first-order valence-corrected chi connectivity index (χ1v) is 4.14. The molecule has 15 heavy (non-hydrogen) atoms. The minimum Gasteiger partial charge on any atom is -0.326 e. The first-order chi connectivity index (χ1) is 7.04. The van der Waals surface area contributed by atoms with Gasteiger partial charge < -0.3 is 5.32 Å². The second-order valence-electron chi connectivity index (χ2n) is 2.90. The smallest absolute Gasteiger partial charge is 0.265 e. The van der Waals surface area contributed by atoms with E-state index in [0.29, 0.717) is 0 Å². The molecule has 3 nitrogen and oxygen atoms in total. The Morgan fingerprint density at radius 1 is 1.53 bits per heavy atom. The maximum absolute atomic E-state index is 12.5. The average molecular weight is 210 g/mol. The van der Waals surface area contributed by atoms with E-state index in [9.17, 15) is 13.6 Å². The van der Waals surface area contributed by atoms with E-state index in [1.54, 1.807) is 6.07 Å². The van der Waals surface area contributed by atoms with Crippen LogP contribution in [0.15, 0.2) is 18.2 Å². The van der Waals surface area contributed by atoms with E-state index in [4.69, 9.17) is 5.26 Å². The molecule has 0 aliphatic carbocycles. The molecular formula is C10H8F2N2O. The molecule has 0 radical (unpaired) electrons. The van der Waals surface area contributed by atoms with Crippen LogP contribution in [0, 0.1) is 11.3 Å². The molecule has 0 aliphatic rings. The molecule has 0 saturated carbocycles. The summed E-state index contributed by atoms with van der Waals surface area (Å²) in [7, 11) is 0. The van der Waals surface area contributed by atoms with Gasteiger partial charge in [0, 0.05) is 18.2 Å². The highest BCUT2D eigenvalue weighted by Crippen LogP contribution is 2.25. The molecule has 0 atom stereocenters. The lowest BCUT2D eigenvalue weighted by Gasteiger charge is -2.06. The minimum atomic E-state index is -2.73. The van der Waals surface area contributed by atoms with Crippen molar-refractivity contribution >= 4 is 11.6 Å². The minimum absolute atomic E-state index is 0.0842. The zero-order chi connectivity index (χ0) is 11.4. The van der Waals surface area contributed by atoms with Gasteiger partial charge in [-0.2, -0.15) is 5.26 Å². The highest BCUT2D eigenvalue weighted by Gasteiger charge is 2.13. The van der Waals surface area contributed by atoms with Gasteiger partial charge in [0.25, 0.3) is 6.43 Å². The monoisotopic (exact) mass is 210 g/mol. The molecule has 0 aromatic heterocycles. The Kier molecular flexibility index (Phi) is 3.34. The number of amides is 1. The molecule has 1 amide bonds. The number of nitrogens with zero attached hydrogens (tertiary/aromatic N) is 1. The molecule has 0 heterocycles. The van der Waals surface area contributed by atoms with Crippen molar-refractivity contribution in [2.45, 2.75) is 13.3 Å². The van der Waals surface area contributed by atoms with Crippen molar-refractivity contribution in [3.8, 4) is 6.07 Å². The van der Waals surface area contributed by atoms with Gasteiger partial charge >= 0.3 is 0 Å². The fourth-order valence-electron chi connectivity index (χ4n) is 1.13. The summed E-state index contributed by atoms with van der Waals surface area (Å²) in [5.74, 6) is -0.347. The number of alkyl halides is 2. The first kappa shape index (κ1) is 11.1. The van der Waals surface area contributed by atoms with Crippen LogP contribution in [0.3, 0.4) is 0 Å². The first-order valence-electron chi connectivity index (χ1n) is 4.14. The van der Waals surface area contributed by atoms with Crippen LogP contribution in [0.25, 0.3) is 0 Å². The highest BCUT2D eigenvalue weighted by molar-refractivity contribution is 5.88. The highest BCUT2D eigenvalue weighted by atomic mass is 19.3. The van der Waals surface area contributed by atoms with E-state index >= 15 is 0 Å². The molecule has 0 unspecified atom stereocenters. The van der Waals surface area contributed by atoms with Crippen LogP contribution in [-0.2, 0) is 4.79 Å². The molecule has 0 aliphatic heterocycles. The number of benzene rings is 1. The summed E-state index contributed by atoms with van der Waals surface area (Å²) in [6, 6.07) is 5.43. The third-order valence-electron chi connectivity index (χ3n) is 1.73. The molecule has 1 aromatic rings. The standard InChI is InChI=1S/C10H8F2N2O/c1-6(15)14-8-3-2-7(5-13)9(4-8)10(11)12/h2-4,10H,1H3,(H,14,15). The Balaban J connectivity index is 3.11. The molecule has 0 fully saturated rings. The van der Waals surface area contributed by atoms with Crippen molar-refractivity contribution in [1.29, 1.82) is 5.26 Å². The summed E-state index contributed by atoms with van der Waals surface area (Å²) in [6.07, 6.45) is -2.73. The molecule has 0 saturated heterocycles. The third-order valence-corrected chi connectivity index (χ3v) is 1.73. The Morgan fingerprint density at radius 2 is 2.20 bits per heavy atom. The molecule has 5 heteroatoms. The van der Waals surface area contributed by atoms with E-state index in [2.05, 4.69) is 5.32 Å². The normalized spacial score (nSPS) is 9.80. The Hall–Kier alpha value is -1.96. The van der Waals surface area contributed by atoms with Crippen LogP contribution in [-0.4, -0.2) is 5.91 Å². The SMILES string of the molecule is CC(=O)Nc1ccc(C#N)c(C(F)F)c1. The number of hydrogen-bond donors (Lipinski definition) is 1. The summed E-state index contributed by atoms with van der Waals surface area (Å²) in [5.41, 5.74) is -0.195. The Labute approximate surface area is 85.3 Å². The predicted octanol–water partition coefficient (Wildman–Crippen LogP) is 2.45. The van der Waals surface area contributed by atoms with Crippen LogP contribution in [0.1, 0.15) is 24.5 Å². The van der Waals surface area contributed by atoms with E-state index < -0.39 is 6.43 Å². The van der Waals surface area contributed by atoms with E-state index in [1.165, 1.54) is 19.1 Å². The number of carbonyl (C=O) groups is 1. The van der Waals surface area contributed by atoms with Gasteiger partial charge in [-0.15, -0.1) is 0 Å². The summed E-state index contributed by atoms with van der Waals surface area (Å²) >= 11 is 0. The molecule has 78 valence electrons. The quantitative estimate of drug-likeness (QED) is 0.815. The Bertz CT molecular complexity index is 424. The lowest BCUT2D eigenvalue weighted by Crippen LogP contribution is -2.06. The van der Waals surface area contributed by atoms with Gasteiger partial charge in [0.1, 0.15) is 0 Å². The fourth-order valence-corrected chi connectivity index (χ4v) is 1.13. The van der Waals surface area contributed by atoms with Crippen LogP contribution >= 0.6 is 0 Å². The lowest BCUT2D eigenvalue weighted by molar-refractivity contribution is -0.114. The third kappa shape index (κ3) is 2.74. The average Bonchev–Trinajstić information content (AvgIpc) is 2.16. The van der Waals surface area contributed by atoms with Gasteiger partial charge in [0.05, 0.1) is 11.6 Å². The number of nitrogens with one attached hydrogen (secondary N) is 1. The van der Waals surface area contributed by atoms with Crippen LogP contribution in [0.2, 0.25) is 0 Å². The van der Waals surface area contributed by atoms with Gasteiger partial charge in [-0.05, 0) is 18.2 Å². The van der Waals surface area contributed by atoms with E-state index in [0.717, 1.165) is 6.07 Å². The topological polar surface area (TPSA) is 52.9 Å². The summed E-state index contributed by atoms with van der Waals surface area (Å²) in [6.45, 7) is 1.28. The number of hydrogen-bond acceptors (Lipinski definition) is 2. The van der Waals surface area contributed by atoms with Crippen molar-refractivity contribution < 1.29 is 13.6 Å². The number of carbonyl (C=O) groups excluding carboxylic acids is 1. The van der Waals surface area contributed by atoms with Crippen molar-refractivity contribution in [1.82, 2.24) is 0 Å². The van der Waals surface area contributed by atoms with Crippen LogP contribution in [0.5, 0.6) is 0 Å². The van der Waals surface area contributed by atoms with Crippen molar-refractivity contribution in [2.24, 2.45) is 0 Å². The van der Waals surface area contributed by atoms with Gasteiger partial charge in [-0.25, -0.2) is 8.78 Å². The maximum atomic E-state index is 12.5. The van der Waals surface area contributed by atoms with Crippen molar-refractivity contribution in [2.75, 3.05) is 5.32 Å². The van der Waals surface area contributed by atoms with Crippen LogP contribution in [0.4, 0.5) is 14.5 Å². The van der Waals surface area contributed by atoms with Gasteiger partial charge in [0.15, 0.2) is 0 Å². The molecule has 1 rings (SSSR count). The number of anilines is 1. The van der Waals surface area contributed by atoms with E-state index in [1.807, 2.05) is 0 Å². The largest absolute Gasteiger partial charge is 0.326 e. The van der Waals surface area contributed by atoms with Gasteiger partial charge in [0.2, 0.25) is 5.91 Å². The molecule has 0 spiro atoms. The number of rotatable bonds is 2. The fraction of sp³-hybridized carbons (Fsp3) is 0.200. The second-order valence-corrected chi connectivity index (χ2v) is 2.90. The Morgan fingerprint density at radius 3 is 2.67 bits per heavy atom. The van der Waals surface area contributed by atoms with Gasteiger partial charge in [-0.3, -0.25) is 4.79 Å². The summed E-state index contributed by atoms with van der Waals surface area (Å²) < 4.78 is 24.9. The zero-order valence-corrected chi connectivity index (χ0v) is 7.92. The second kappa shape index (κ2) is 4.51. The maximum Gasteiger partial charge on any atom is 0.265 e. The molecule has 0 bridgehead atoms. The van der Waals surface area contributed by atoms with E-state index in [-0.39, 0.29) is 22.7 Å². The molecule has 1 aromatic carbocycles. The number of nitriles is 1. The molecule has 1 N–H and O–H groups in total. The van der Waals surface area contributed by atoms with Crippen molar-refractivity contribution in [3.63, 3.8) is 0 Å². The summed E-state index contributed by atoms with van der Waals surface area (Å²) in [4.78, 5) is 10.7. The number of halogens is 2. The predicted molar refractivity (Wildman–Crippen MR) is 50.4 cm³/mol. The van der Waals surface area contributed by atoms with Crippen LogP contribution < -0.4 is 5.32 Å². The van der Waals surface area contributed by atoms with Crippen molar-refractivity contribution in [3.05, 3.63) is 29.3 Å². The lowest BCUT2D eigenvalue weighted by atomic mass is 10.1. The molecular weight excluding hydrogens is 202 g/mol. The summed E-state index contributed by atoms with van der Waals surface area (Å²) in [5, 5.41) is 10.9. The van der Waals surface area contributed by atoms with Gasteiger partial charge in [-0.1, -0.05) is 0 Å². The zero-order valence-electron chi connectivity index (χ0n) is 7.92.